The SMILES string of the molecule is CCNC1CCN(C(C)c2ccc(F)cc2)C1=O. The van der Waals surface area contributed by atoms with Gasteiger partial charge in [-0.05, 0) is 37.6 Å². The van der Waals surface area contributed by atoms with Crippen molar-refractivity contribution < 1.29 is 9.18 Å². The number of rotatable bonds is 4. The Kier molecular flexibility index (Phi) is 3.97. The number of benzene rings is 1. The largest absolute Gasteiger partial charge is 0.335 e. The van der Waals surface area contributed by atoms with E-state index in [1.807, 2.05) is 18.7 Å². The summed E-state index contributed by atoms with van der Waals surface area (Å²) in [6, 6.07) is 6.31. The van der Waals surface area contributed by atoms with Crippen molar-refractivity contribution in [3.8, 4) is 0 Å². The fourth-order valence-corrected chi connectivity index (χ4v) is 2.44. The Balaban J connectivity index is 2.08. The molecule has 0 bridgehead atoms. The van der Waals surface area contributed by atoms with Crippen molar-refractivity contribution in [1.29, 1.82) is 0 Å². The molecule has 1 N–H and O–H groups in total. The average Bonchev–Trinajstić information content (AvgIpc) is 2.72. The number of likely N-dealkylation sites (N-methyl/N-ethyl adjacent to an activating group) is 1. The van der Waals surface area contributed by atoms with Crippen LogP contribution in [0.3, 0.4) is 0 Å². The first-order valence-corrected chi connectivity index (χ1v) is 6.42. The molecule has 1 fully saturated rings. The van der Waals surface area contributed by atoms with Gasteiger partial charge in [-0.25, -0.2) is 4.39 Å². The van der Waals surface area contributed by atoms with Gasteiger partial charge in [0, 0.05) is 6.54 Å². The second-order valence-corrected chi connectivity index (χ2v) is 4.66. The van der Waals surface area contributed by atoms with Crippen LogP contribution in [0.2, 0.25) is 0 Å². The van der Waals surface area contributed by atoms with Gasteiger partial charge < -0.3 is 10.2 Å². The van der Waals surface area contributed by atoms with Crippen LogP contribution in [-0.2, 0) is 4.79 Å². The lowest BCUT2D eigenvalue weighted by molar-refractivity contribution is -0.131. The summed E-state index contributed by atoms with van der Waals surface area (Å²) in [6.07, 6.45) is 0.845. The summed E-state index contributed by atoms with van der Waals surface area (Å²) in [5.74, 6) is -0.0992. The summed E-state index contributed by atoms with van der Waals surface area (Å²) >= 11 is 0. The molecule has 2 rings (SSSR count). The molecule has 0 radical (unpaired) electrons. The van der Waals surface area contributed by atoms with Gasteiger partial charge in [-0.1, -0.05) is 19.1 Å². The predicted octanol–water partition coefficient (Wildman–Crippen LogP) is 2.10. The maximum absolute atomic E-state index is 12.9. The molecule has 1 aromatic rings. The number of hydrogen-bond acceptors (Lipinski definition) is 2. The second-order valence-electron chi connectivity index (χ2n) is 4.66. The first-order chi connectivity index (χ1) is 8.63. The van der Waals surface area contributed by atoms with E-state index >= 15 is 0 Å². The molecule has 1 aromatic carbocycles. The third kappa shape index (κ3) is 2.53. The van der Waals surface area contributed by atoms with Gasteiger partial charge in [-0.2, -0.15) is 0 Å². The van der Waals surface area contributed by atoms with Crippen LogP contribution in [0.15, 0.2) is 24.3 Å². The highest BCUT2D eigenvalue weighted by atomic mass is 19.1. The molecule has 1 heterocycles. The van der Waals surface area contributed by atoms with E-state index in [4.69, 9.17) is 0 Å². The van der Waals surface area contributed by atoms with Crippen LogP contribution in [0.4, 0.5) is 4.39 Å². The molecule has 98 valence electrons. The van der Waals surface area contributed by atoms with Crippen molar-refractivity contribution in [2.75, 3.05) is 13.1 Å². The molecule has 0 aliphatic carbocycles. The number of carbonyl (C=O) groups excluding carboxylic acids is 1. The molecule has 1 aliphatic rings. The summed E-state index contributed by atoms with van der Waals surface area (Å²) in [7, 11) is 0. The number of carbonyl (C=O) groups is 1. The number of nitrogens with one attached hydrogen (secondary N) is 1. The topological polar surface area (TPSA) is 32.3 Å². The van der Waals surface area contributed by atoms with Gasteiger partial charge in [0.15, 0.2) is 0 Å². The van der Waals surface area contributed by atoms with Crippen molar-refractivity contribution in [3.05, 3.63) is 35.6 Å². The van der Waals surface area contributed by atoms with Crippen molar-refractivity contribution in [2.24, 2.45) is 0 Å². The van der Waals surface area contributed by atoms with E-state index in [9.17, 15) is 9.18 Å². The zero-order valence-electron chi connectivity index (χ0n) is 10.8. The van der Waals surface area contributed by atoms with Crippen molar-refractivity contribution in [2.45, 2.75) is 32.4 Å². The van der Waals surface area contributed by atoms with Crippen molar-refractivity contribution in [1.82, 2.24) is 10.2 Å². The zero-order valence-corrected chi connectivity index (χ0v) is 10.8. The molecule has 0 spiro atoms. The summed E-state index contributed by atoms with van der Waals surface area (Å²) in [5.41, 5.74) is 0.974. The Hall–Kier alpha value is -1.42. The number of likely N-dealkylation sites (tertiary alicyclic amines) is 1. The third-order valence-corrected chi connectivity index (χ3v) is 3.51. The van der Waals surface area contributed by atoms with Gasteiger partial charge in [0.1, 0.15) is 5.82 Å². The Morgan fingerprint density at radius 2 is 2.11 bits per heavy atom. The van der Waals surface area contributed by atoms with Gasteiger partial charge in [0.2, 0.25) is 5.91 Å². The van der Waals surface area contributed by atoms with Crippen molar-refractivity contribution in [3.63, 3.8) is 0 Å². The minimum atomic E-state index is -0.246. The lowest BCUT2D eigenvalue weighted by Gasteiger charge is -2.25. The third-order valence-electron chi connectivity index (χ3n) is 3.51. The molecule has 18 heavy (non-hydrogen) atoms. The molecule has 0 saturated carbocycles. The first-order valence-electron chi connectivity index (χ1n) is 6.42. The molecular formula is C14H19FN2O. The first kappa shape index (κ1) is 13.0. The molecule has 1 amide bonds. The highest BCUT2D eigenvalue weighted by Crippen LogP contribution is 2.25. The van der Waals surface area contributed by atoms with E-state index in [-0.39, 0.29) is 23.8 Å². The molecule has 1 aliphatic heterocycles. The van der Waals surface area contributed by atoms with Crippen molar-refractivity contribution >= 4 is 5.91 Å². The molecule has 4 heteroatoms. The normalized spacial score (nSPS) is 21.4. The highest BCUT2D eigenvalue weighted by Gasteiger charge is 2.33. The minimum absolute atomic E-state index is 0.00163. The van der Waals surface area contributed by atoms with Crippen LogP contribution in [-0.4, -0.2) is 29.9 Å². The van der Waals surface area contributed by atoms with Gasteiger partial charge in [-0.3, -0.25) is 4.79 Å². The lowest BCUT2D eigenvalue weighted by atomic mass is 10.1. The van der Waals surface area contributed by atoms with E-state index in [1.165, 1.54) is 12.1 Å². The smallest absolute Gasteiger partial charge is 0.240 e. The summed E-state index contributed by atoms with van der Waals surface area (Å²) in [4.78, 5) is 14.0. The van der Waals surface area contributed by atoms with Crippen LogP contribution in [0, 0.1) is 5.82 Å². The van der Waals surface area contributed by atoms with Gasteiger partial charge in [-0.15, -0.1) is 0 Å². The maximum atomic E-state index is 12.9. The Morgan fingerprint density at radius 1 is 1.44 bits per heavy atom. The summed E-state index contributed by atoms with van der Waals surface area (Å²) in [5, 5.41) is 3.19. The second kappa shape index (κ2) is 5.48. The standard InChI is InChI=1S/C14H19FN2O/c1-3-16-13-8-9-17(14(13)18)10(2)11-4-6-12(15)7-5-11/h4-7,10,13,16H,3,8-9H2,1-2H3. The number of amides is 1. The van der Waals surface area contributed by atoms with Crippen LogP contribution in [0.25, 0.3) is 0 Å². The van der Waals surface area contributed by atoms with E-state index < -0.39 is 0 Å². The van der Waals surface area contributed by atoms with Crippen LogP contribution < -0.4 is 5.32 Å². The zero-order chi connectivity index (χ0) is 13.1. The fourth-order valence-electron chi connectivity index (χ4n) is 2.44. The molecule has 1 saturated heterocycles. The van der Waals surface area contributed by atoms with E-state index in [0.717, 1.165) is 25.1 Å². The Labute approximate surface area is 107 Å². The summed E-state index contributed by atoms with van der Waals surface area (Å²) < 4.78 is 12.9. The molecule has 3 nitrogen and oxygen atoms in total. The van der Waals surface area contributed by atoms with Gasteiger partial charge in [0.05, 0.1) is 12.1 Å². The quantitative estimate of drug-likeness (QED) is 0.887. The lowest BCUT2D eigenvalue weighted by Crippen LogP contribution is -2.39. The van der Waals surface area contributed by atoms with E-state index in [2.05, 4.69) is 5.32 Å². The number of hydrogen-bond donors (Lipinski definition) is 1. The van der Waals surface area contributed by atoms with Crippen LogP contribution in [0.5, 0.6) is 0 Å². The van der Waals surface area contributed by atoms with Gasteiger partial charge >= 0.3 is 0 Å². The predicted molar refractivity (Wildman–Crippen MR) is 68.6 cm³/mol. The average molecular weight is 250 g/mol. The fraction of sp³-hybridized carbons (Fsp3) is 0.500. The minimum Gasteiger partial charge on any atom is -0.335 e. The highest BCUT2D eigenvalue weighted by molar-refractivity contribution is 5.84. The Morgan fingerprint density at radius 3 is 2.72 bits per heavy atom. The molecule has 2 unspecified atom stereocenters. The van der Waals surface area contributed by atoms with Crippen LogP contribution >= 0.6 is 0 Å². The van der Waals surface area contributed by atoms with Crippen LogP contribution in [0.1, 0.15) is 31.9 Å². The van der Waals surface area contributed by atoms with E-state index in [1.54, 1.807) is 12.1 Å². The maximum Gasteiger partial charge on any atom is 0.240 e. The van der Waals surface area contributed by atoms with Gasteiger partial charge in [0.25, 0.3) is 0 Å². The molecule has 0 aromatic heterocycles. The molecule has 2 atom stereocenters. The Bertz CT molecular complexity index is 418. The molecular weight excluding hydrogens is 231 g/mol. The number of halogens is 1. The van der Waals surface area contributed by atoms with E-state index in [0.29, 0.717) is 0 Å². The summed E-state index contributed by atoms with van der Waals surface area (Å²) in [6.45, 7) is 5.54. The monoisotopic (exact) mass is 250 g/mol. The number of nitrogens with zero attached hydrogens (tertiary/aromatic N) is 1.